The summed E-state index contributed by atoms with van der Waals surface area (Å²) in [6.07, 6.45) is 6.43. The highest BCUT2D eigenvalue weighted by Gasteiger charge is 2.32. The van der Waals surface area contributed by atoms with Gasteiger partial charge in [0.2, 0.25) is 0 Å². The molecule has 10 heteroatoms. The molecule has 0 saturated carbocycles. The maximum Gasteiger partial charge on any atom is 0.251 e. The second kappa shape index (κ2) is 10.8. The van der Waals surface area contributed by atoms with Crippen LogP contribution >= 0.6 is 0 Å². The van der Waals surface area contributed by atoms with Gasteiger partial charge in [0.15, 0.2) is 0 Å². The van der Waals surface area contributed by atoms with E-state index in [0.29, 0.717) is 41.0 Å². The van der Waals surface area contributed by atoms with Gasteiger partial charge in [-0.25, -0.2) is 13.9 Å². The van der Waals surface area contributed by atoms with E-state index in [2.05, 4.69) is 21.4 Å². The first-order chi connectivity index (χ1) is 19.4. The normalized spacial score (nSPS) is 15.0. The number of carbonyl (C=O) groups is 1. The summed E-state index contributed by atoms with van der Waals surface area (Å²) in [6.45, 7) is 8.61. The average molecular weight is 557 g/mol. The monoisotopic (exact) mass is 556 g/mol. The van der Waals surface area contributed by atoms with Gasteiger partial charge < -0.3 is 20.1 Å². The molecule has 0 unspecified atom stereocenters. The number of hydrogen-bond donors (Lipinski definition) is 2. The Kier molecular flexibility index (Phi) is 7.41. The number of piperidine rings is 1. The predicted octanol–water partition coefficient (Wildman–Crippen LogP) is 4.65. The van der Waals surface area contributed by atoms with Crippen LogP contribution in [0.1, 0.15) is 55.1 Å². The van der Waals surface area contributed by atoms with Crippen molar-refractivity contribution in [2.75, 3.05) is 24.6 Å². The smallest absolute Gasteiger partial charge is 0.251 e. The van der Waals surface area contributed by atoms with Crippen LogP contribution in [-0.2, 0) is 0 Å². The second-order valence-electron chi connectivity index (χ2n) is 11.5. The maximum absolute atomic E-state index is 13.5. The summed E-state index contributed by atoms with van der Waals surface area (Å²) in [5, 5.41) is 27.2. The molecule has 1 saturated heterocycles. The third-order valence-electron chi connectivity index (χ3n) is 7.40. The van der Waals surface area contributed by atoms with Crippen LogP contribution in [0.5, 0.6) is 5.75 Å². The predicted molar refractivity (Wildman–Crippen MR) is 153 cm³/mol. The quantitative estimate of drug-likeness (QED) is 0.340. The number of ether oxygens (including phenoxy) is 1. The van der Waals surface area contributed by atoms with Gasteiger partial charge in [-0.1, -0.05) is 0 Å². The largest absolute Gasteiger partial charge is 0.489 e. The third-order valence-corrected chi connectivity index (χ3v) is 7.40. The van der Waals surface area contributed by atoms with Gasteiger partial charge in [0.1, 0.15) is 30.1 Å². The number of halogens is 1. The number of rotatable bonds is 7. The van der Waals surface area contributed by atoms with Crippen LogP contribution in [-0.4, -0.2) is 56.4 Å². The van der Waals surface area contributed by atoms with Gasteiger partial charge >= 0.3 is 0 Å². The van der Waals surface area contributed by atoms with Crippen LogP contribution in [0.25, 0.3) is 16.6 Å². The Morgan fingerprint density at radius 1 is 1.22 bits per heavy atom. The van der Waals surface area contributed by atoms with Gasteiger partial charge in [0, 0.05) is 41.5 Å². The minimum Gasteiger partial charge on any atom is -0.489 e. The van der Waals surface area contributed by atoms with E-state index >= 15 is 0 Å². The molecular weight excluding hydrogens is 523 g/mol. The first-order valence-electron chi connectivity index (χ1n) is 13.5. The highest BCUT2D eigenvalue weighted by atomic mass is 19.1. The molecule has 1 amide bonds. The molecule has 4 heterocycles. The molecule has 5 rings (SSSR count). The molecule has 3 aromatic heterocycles. The zero-order valence-electron chi connectivity index (χ0n) is 23.6. The number of aryl methyl sites for hydroxylation is 1. The van der Waals surface area contributed by atoms with E-state index < -0.39 is 5.60 Å². The molecule has 4 aromatic rings. The van der Waals surface area contributed by atoms with Gasteiger partial charge in [0.05, 0.1) is 29.1 Å². The topological polar surface area (TPSA) is 116 Å². The molecular formula is C31H33FN6O3. The van der Waals surface area contributed by atoms with Gasteiger partial charge in [-0.3, -0.25) is 4.79 Å². The van der Waals surface area contributed by atoms with E-state index in [1.165, 1.54) is 24.4 Å². The molecule has 41 heavy (non-hydrogen) atoms. The summed E-state index contributed by atoms with van der Waals surface area (Å²) in [5.41, 5.74) is 2.33. The van der Waals surface area contributed by atoms with Crippen molar-refractivity contribution in [3.05, 3.63) is 77.5 Å². The zero-order valence-corrected chi connectivity index (χ0v) is 23.6. The number of anilines is 1. The zero-order chi connectivity index (χ0) is 29.4. The summed E-state index contributed by atoms with van der Waals surface area (Å²) in [4.78, 5) is 19.8. The van der Waals surface area contributed by atoms with E-state index in [0.717, 1.165) is 29.8 Å². The summed E-state index contributed by atoms with van der Waals surface area (Å²) < 4.78 is 20.9. The van der Waals surface area contributed by atoms with Crippen molar-refractivity contribution in [2.45, 2.75) is 51.7 Å². The Morgan fingerprint density at radius 3 is 2.61 bits per heavy atom. The number of fused-ring (bicyclic) bond motifs is 1. The van der Waals surface area contributed by atoms with Crippen molar-refractivity contribution in [3.63, 3.8) is 0 Å². The third kappa shape index (κ3) is 6.15. The maximum atomic E-state index is 13.5. The van der Waals surface area contributed by atoms with Crippen molar-refractivity contribution in [1.29, 1.82) is 5.26 Å². The van der Waals surface area contributed by atoms with Crippen LogP contribution in [0.4, 0.5) is 10.2 Å². The lowest BCUT2D eigenvalue weighted by atomic mass is 9.89. The second-order valence-corrected chi connectivity index (χ2v) is 11.5. The van der Waals surface area contributed by atoms with Crippen LogP contribution in [0, 0.1) is 24.1 Å². The Labute approximate surface area is 238 Å². The van der Waals surface area contributed by atoms with Crippen molar-refractivity contribution >= 4 is 17.2 Å². The van der Waals surface area contributed by atoms with Crippen molar-refractivity contribution in [1.82, 2.24) is 19.9 Å². The van der Waals surface area contributed by atoms with E-state index in [9.17, 15) is 19.6 Å². The Bertz CT molecular complexity index is 1630. The lowest BCUT2D eigenvalue weighted by molar-refractivity contribution is 0.0283. The number of aromatic nitrogens is 3. The van der Waals surface area contributed by atoms with Crippen LogP contribution in [0.2, 0.25) is 0 Å². The number of nitrogens with one attached hydrogen (secondary N) is 1. The summed E-state index contributed by atoms with van der Waals surface area (Å²) >= 11 is 0. The molecule has 0 bridgehead atoms. The Hall–Kier alpha value is -4.49. The number of aliphatic hydroxyl groups is 1. The van der Waals surface area contributed by atoms with Gasteiger partial charge in [0.25, 0.3) is 5.91 Å². The minimum absolute atomic E-state index is 0.0966. The number of hydrogen-bond acceptors (Lipinski definition) is 7. The summed E-state index contributed by atoms with van der Waals surface area (Å²) in [6, 6.07) is 12.1. The standard InChI is InChI=1S/C31H33FN6O3/c1-20-13-23(32)6-7-25(20)29(39)36-31(4)9-11-37(12-10-31)27-8-5-21(16-34-27)26-14-24(41-19-30(2,3)40)18-38-28(26)22(15-33)17-35-38/h5-8,13-14,16-18,40H,9-12,19H2,1-4H3,(H,36,39). The van der Waals surface area contributed by atoms with Crippen molar-refractivity contribution in [3.8, 4) is 22.9 Å². The number of carbonyl (C=O) groups excluding carboxylic acids is 1. The number of nitriles is 1. The highest BCUT2D eigenvalue weighted by molar-refractivity contribution is 5.96. The Morgan fingerprint density at radius 2 is 1.98 bits per heavy atom. The van der Waals surface area contributed by atoms with Gasteiger partial charge in [-0.05, 0) is 82.5 Å². The molecule has 1 fully saturated rings. The van der Waals surface area contributed by atoms with E-state index in [1.54, 1.807) is 37.7 Å². The van der Waals surface area contributed by atoms with Crippen LogP contribution < -0.4 is 15.0 Å². The molecule has 212 valence electrons. The molecule has 1 aliphatic rings. The van der Waals surface area contributed by atoms with E-state index in [1.807, 2.05) is 25.1 Å². The molecule has 0 spiro atoms. The van der Waals surface area contributed by atoms with Crippen molar-refractivity contribution < 1.29 is 19.0 Å². The molecule has 1 aliphatic heterocycles. The number of amides is 1. The molecule has 0 atom stereocenters. The number of pyridine rings is 2. The molecule has 9 nitrogen and oxygen atoms in total. The van der Waals surface area contributed by atoms with E-state index in [-0.39, 0.29) is 23.9 Å². The number of nitrogens with zero attached hydrogens (tertiary/aromatic N) is 5. The lowest BCUT2D eigenvalue weighted by Gasteiger charge is -2.40. The fourth-order valence-corrected chi connectivity index (χ4v) is 5.05. The van der Waals surface area contributed by atoms with Crippen LogP contribution in [0.3, 0.4) is 0 Å². The first-order valence-corrected chi connectivity index (χ1v) is 13.5. The Balaban J connectivity index is 1.31. The summed E-state index contributed by atoms with van der Waals surface area (Å²) in [7, 11) is 0. The average Bonchev–Trinajstić information content (AvgIpc) is 3.34. The van der Waals surface area contributed by atoms with E-state index in [4.69, 9.17) is 9.72 Å². The minimum atomic E-state index is -1.01. The van der Waals surface area contributed by atoms with Crippen LogP contribution in [0.15, 0.2) is 55.0 Å². The SMILES string of the molecule is Cc1cc(F)ccc1C(=O)NC1(C)CCN(c2ccc(-c3cc(OCC(C)(C)O)cn4ncc(C#N)c34)cn2)CC1. The fraction of sp³-hybridized carbons (Fsp3) is 0.355. The molecule has 0 aliphatic carbocycles. The lowest BCUT2D eigenvalue weighted by Crippen LogP contribution is -2.53. The van der Waals surface area contributed by atoms with Crippen molar-refractivity contribution in [2.24, 2.45) is 0 Å². The van der Waals surface area contributed by atoms with Gasteiger partial charge in [-0.2, -0.15) is 10.4 Å². The first kappa shape index (κ1) is 28.1. The molecule has 1 aromatic carbocycles. The summed E-state index contributed by atoms with van der Waals surface area (Å²) in [5.74, 6) is 0.775. The fourth-order valence-electron chi connectivity index (χ4n) is 5.05. The number of benzene rings is 1. The highest BCUT2D eigenvalue weighted by Crippen LogP contribution is 2.32. The van der Waals surface area contributed by atoms with Gasteiger partial charge in [-0.15, -0.1) is 0 Å². The molecule has 2 N–H and O–H groups in total. The molecule has 0 radical (unpaired) electrons.